The summed E-state index contributed by atoms with van der Waals surface area (Å²) < 4.78 is 44.4. The molecule has 1 fully saturated rings. The van der Waals surface area contributed by atoms with Crippen LogP contribution in [-0.4, -0.2) is 47.9 Å². The summed E-state index contributed by atoms with van der Waals surface area (Å²) in [4.78, 5) is 24.1. The number of hydrogen-bond donors (Lipinski definition) is 2. The lowest BCUT2D eigenvalue weighted by molar-refractivity contribution is -0.187. The van der Waals surface area contributed by atoms with Crippen molar-refractivity contribution in [1.29, 1.82) is 0 Å². The van der Waals surface area contributed by atoms with E-state index in [0.29, 0.717) is 11.3 Å². The van der Waals surface area contributed by atoms with E-state index in [9.17, 15) is 22.8 Å². The Labute approximate surface area is 148 Å². The fraction of sp³-hybridized carbons (Fsp3) is 0.412. The smallest absolute Gasteiger partial charge is 0.394 e. The van der Waals surface area contributed by atoms with Crippen LogP contribution in [0, 0.1) is 11.8 Å². The van der Waals surface area contributed by atoms with Crippen LogP contribution in [-0.2, 0) is 11.3 Å². The van der Waals surface area contributed by atoms with E-state index in [-0.39, 0.29) is 13.2 Å². The van der Waals surface area contributed by atoms with Crippen molar-refractivity contribution in [1.82, 2.24) is 10.2 Å². The number of likely N-dealkylation sites (tertiary alicyclic amines) is 1. The average Bonchev–Trinajstić information content (AvgIpc) is 3.04. The van der Waals surface area contributed by atoms with Gasteiger partial charge >= 0.3 is 18.2 Å². The Morgan fingerprint density at radius 2 is 2.04 bits per heavy atom. The van der Waals surface area contributed by atoms with Gasteiger partial charge in [0.1, 0.15) is 12.4 Å². The third kappa shape index (κ3) is 4.68. The predicted octanol–water partition coefficient (Wildman–Crippen LogP) is 2.66. The van der Waals surface area contributed by atoms with Gasteiger partial charge in [-0.3, -0.25) is 4.79 Å². The number of amides is 2. The highest BCUT2D eigenvalue weighted by Gasteiger charge is 2.53. The largest absolute Gasteiger partial charge is 0.489 e. The molecule has 2 rings (SSSR count). The van der Waals surface area contributed by atoms with E-state index in [1.807, 2.05) is 0 Å². The molecule has 2 N–H and O–H groups in total. The van der Waals surface area contributed by atoms with Gasteiger partial charge in [-0.05, 0) is 6.07 Å². The number of nitrogens with one attached hydrogen (secondary N) is 1. The van der Waals surface area contributed by atoms with Crippen molar-refractivity contribution >= 4 is 12.0 Å². The van der Waals surface area contributed by atoms with Crippen molar-refractivity contribution in [2.24, 2.45) is 11.8 Å². The number of para-hydroxylation sites is 1. The van der Waals surface area contributed by atoms with Crippen molar-refractivity contribution in [2.75, 3.05) is 19.7 Å². The monoisotopic (exact) mass is 372 g/mol. The topological polar surface area (TPSA) is 78.9 Å². The van der Waals surface area contributed by atoms with Gasteiger partial charge in [0, 0.05) is 25.2 Å². The number of carbonyl (C=O) groups is 2. The molecule has 1 aromatic carbocycles. The van der Waals surface area contributed by atoms with E-state index in [1.165, 1.54) is 0 Å². The predicted molar refractivity (Wildman–Crippen MR) is 86.6 cm³/mol. The van der Waals surface area contributed by atoms with Gasteiger partial charge in [0.15, 0.2) is 0 Å². The van der Waals surface area contributed by atoms with Gasteiger partial charge in [-0.15, -0.1) is 0 Å². The number of hydrogen-bond acceptors (Lipinski definition) is 3. The molecule has 142 valence electrons. The van der Waals surface area contributed by atoms with Gasteiger partial charge in [-0.1, -0.05) is 30.9 Å². The summed E-state index contributed by atoms with van der Waals surface area (Å²) in [5.74, 6) is -4.78. The number of rotatable bonds is 6. The van der Waals surface area contributed by atoms with Gasteiger partial charge in [0.25, 0.3) is 0 Å². The summed E-state index contributed by atoms with van der Waals surface area (Å²) in [5.41, 5.74) is 0.643. The fourth-order valence-electron chi connectivity index (χ4n) is 2.77. The molecule has 0 saturated carbocycles. The first-order chi connectivity index (χ1) is 12.2. The maximum Gasteiger partial charge on any atom is 0.394 e. The van der Waals surface area contributed by atoms with Gasteiger partial charge in [0.05, 0.1) is 11.8 Å². The number of ether oxygens (including phenoxy) is 1. The molecule has 0 bridgehead atoms. The number of urea groups is 1. The second-order valence-corrected chi connectivity index (χ2v) is 5.86. The highest BCUT2D eigenvalue weighted by molar-refractivity contribution is 5.77. The van der Waals surface area contributed by atoms with Crippen molar-refractivity contribution in [3.8, 4) is 5.75 Å². The lowest BCUT2D eigenvalue weighted by atomic mass is 9.96. The molecule has 0 unspecified atom stereocenters. The van der Waals surface area contributed by atoms with Gasteiger partial charge in [0.2, 0.25) is 0 Å². The molecule has 0 aromatic heterocycles. The maximum absolute atomic E-state index is 13.0. The first-order valence-electron chi connectivity index (χ1n) is 7.88. The van der Waals surface area contributed by atoms with Crippen LogP contribution < -0.4 is 10.1 Å². The Morgan fingerprint density at radius 1 is 1.35 bits per heavy atom. The molecule has 9 heteroatoms. The zero-order chi connectivity index (χ0) is 19.3. The quantitative estimate of drug-likeness (QED) is 0.753. The zero-order valence-corrected chi connectivity index (χ0v) is 13.8. The van der Waals surface area contributed by atoms with Gasteiger partial charge < -0.3 is 20.1 Å². The molecule has 1 aliphatic rings. The second-order valence-electron chi connectivity index (χ2n) is 5.86. The first kappa shape index (κ1) is 19.6. The number of aliphatic carboxylic acids is 1. The number of nitrogens with zero attached hydrogens (tertiary/aromatic N) is 1. The van der Waals surface area contributed by atoms with E-state index in [2.05, 4.69) is 11.9 Å². The minimum Gasteiger partial charge on any atom is -0.489 e. The summed E-state index contributed by atoms with van der Waals surface area (Å²) >= 11 is 0. The number of alkyl halides is 3. The number of benzene rings is 1. The van der Waals surface area contributed by atoms with Crippen molar-refractivity contribution in [3.05, 3.63) is 42.5 Å². The molecule has 1 heterocycles. The van der Waals surface area contributed by atoms with E-state index < -0.39 is 43.1 Å². The van der Waals surface area contributed by atoms with Crippen LogP contribution in [0.4, 0.5) is 18.0 Å². The van der Waals surface area contributed by atoms with Crippen molar-refractivity contribution < 1.29 is 32.6 Å². The van der Waals surface area contributed by atoms with Crippen LogP contribution in [0.5, 0.6) is 5.75 Å². The summed E-state index contributed by atoms with van der Waals surface area (Å²) in [7, 11) is 0. The van der Waals surface area contributed by atoms with E-state index in [4.69, 9.17) is 9.84 Å². The van der Waals surface area contributed by atoms with Crippen LogP contribution in [0.25, 0.3) is 0 Å². The number of carboxylic acid groups (broad SMARTS) is 1. The molecule has 6 nitrogen and oxygen atoms in total. The van der Waals surface area contributed by atoms with E-state index >= 15 is 0 Å². The van der Waals surface area contributed by atoms with Crippen LogP contribution in [0.3, 0.4) is 0 Å². The minimum absolute atomic E-state index is 0.0388. The van der Waals surface area contributed by atoms with Crippen LogP contribution >= 0.6 is 0 Å². The Kier molecular flexibility index (Phi) is 6.12. The standard InChI is InChI=1S/C17H19F3N2O4/c1-2-7-26-14-6-4-3-5-11(14)8-21-16(25)22-9-12(15(23)24)13(10-22)17(18,19)20/h2-6,12-13H,1,7-10H2,(H,21,25)(H,23,24)/t12-,13-/m1/s1. The lowest BCUT2D eigenvalue weighted by Crippen LogP contribution is -2.39. The average molecular weight is 372 g/mol. The van der Waals surface area contributed by atoms with Crippen LogP contribution in [0.2, 0.25) is 0 Å². The molecular formula is C17H19F3N2O4. The van der Waals surface area contributed by atoms with E-state index in [1.54, 1.807) is 30.3 Å². The summed E-state index contributed by atoms with van der Waals surface area (Å²) in [6.07, 6.45) is -3.12. The van der Waals surface area contributed by atoms with E-state index in [0.717, 1.165) is 4.90 Å². The number of carbonyl (C=O) groups excluding carboxylic acids is 1. The molecule has 26 heavy (non-hydrogen) atoms. The third-order valence-electron chi connectivity index (χ3n) is 4.10. The lowest BCUT2D eigenvalue weighted by Gasteiger charge is -2.19. The molecule has 1 aliphatic heterocycles. The number of carboxylic acids is 1. The van der Waals surface area contributed by atoms with Crippen molar-refractivity contribution in [3.63, 3.8) is 0 Å². The molecule has 2 atom stereocenters. The summed E-state index contributed by atoms with van der Waals surface area (Å²) in [5, 5.41) is 11.5. The van der Waals surface area contributed by atoms with Gasteiger partial charge in [-0.25, -0.2) is 4.79 Å². The normalized spacial score (nSPS) is 19.9. The SMILES string of the molecule is C=CCOc1ccccc1CNC(=O)N1C[C@@H](C(F)(F)F)[C@H](C(=O)O)C1. The summed E-state index contributed by atoms with van der Waals surface area (Å²) in [6.45, 7) is 2.68. The molecule has 2 amide bonds. The van der Waals surface area contributed by atoms with Crippen molar-refractivity contribution in [2.45, 2.75) is 12.7 Å². The minimum atomic E-state index is -4.68. The van der Waals surface area contributed by atoms with Gasteiger partial charge in [-0.2, -0.15) is 13.2 Å². The third-order valence-corrected chi connectivity index (χ3v) is 4.10. The van der Waals surface area contributed by atoms with Crippen LogP contribution in [0.1, 0.15) is 5.56 Å². The number of halogens is 3. The molecule has 0 aliphatic carbocycles. The Balaban J connectivity index is 2.01. The highest BCUT2D eigenvalue weighted by atomic mass is 19.4. The molecule has 0 radical (unpaired) electrons. The fourth-order valence-corrected chi connectivity index (χ4v) is 2.77. The van der Waals surface area contributed by atoms with Crippen LogP contribution in [0.15, 0.2) is 36.9 Å². The summed E-state index contributed by atoms with van der Waals surface area (Å²) in [6, 6.07) is 6.14. The highest BCUT2D eigenvalue weighted by Crippen LogP contribution is 2.37. The second kappa shape index (κ2) is 8.11. The molecular weight excluding hydrogens is 353 g/mol. The Hall–Kier alpha value is -2.71. The Bertz CT molecular complexity index is 678. The maximum atomic E-state index is 13.0. The molecule has 1 aromatic rings. The first-order valence-corrected chi connectivity index (χ1v) is 7.88. The molecule has 0 spiro atoms. The Morgan fingerprint density at radius 3 is 2.62 bits per heavy atom. The molecule has 1 saturated heterocycles. The zero-order valence-electron chi connectivity index (χ0n) is 13.8.